The van der Waals surface area contributed by atoms with Crippen molar-refractivity contribution in [2.24, 2.45) is 5.92 Å². The minimum Gasteiger partial charge on any atom is -0.498 e. The first-order valence-corrected chi connectivity index (χ1v) is 4.10. The second-order valence-corrected chi connectivity index (χ2v) is 2.96. The van der Waals surface area contributed by atoms with E-state index in [2.05, 4.69) is 0 Å². The number of hydrogen-bond donors (Lipinski definition) is 0. The molecule has 0 aromatic carbocycles. The van der Waals surface area contributed by atoms with Crippen molar-refractivity contribution in [2.75, 3.05) is 0 Å². The van der Waals surface area contributed by atoms with Gasteiger partial charge in [-0.3, -0.25) is 4.79 Å². The molecule has 0 amide bonds. The Bertz CT molecular complexity index is 234. The Morgan fingerprint density at radius 1 is 1.62 bits per heavy atom. The lowest BCUT2D eigenvalue weighted by Gasteiger charge is -2.28. The maximum Gasteiger partial charge on any atom is 0.303 e. The molecule has 0 spiro atoms. The summed E-state index contributed by atoms with van der Waals surface area (Å²) in [7, 11) is 0. The number of hydrogen-bond acceptors (Lipinski definition) is 4. The van der Waals surface area contributed by atoms with Crippen LogP contribution in [-0.4, -0.2) is 24.5 Å². The molecule has 4 heteroatoms. The summed E-state index contributed by atoms with van der Waals surface area (Å²) in [6.45, 7) is 3.08. The summed E-state index contributed by atoms with van der Waals surface area (Å²) in [5, 5.41) is 0. The quantitative estimate of drug-likeness (QED) is 0.467. The standard InChI is InChI=1S/C9H12O4/c1-6-8(5-10)9(3-4-12-6)13-7(2)11/h3-6,8-9H,1-2H3/t6-,8+,9-/m0/s1. The third kappa shape index (κ3) is 2.31. The molecule has 0 saturated carbocycles. The van der Waals surface area contributed by atoms with Gasteiger partial charge in [-0.15, -0.1) is 0 Å². The summed E-state index contributed by atoms with van der Waals surface area (Å²) in [5.41, 5.74) is 0. The summed E-state index contributed by atoms with van der Waals surface area (Å²) < 4.78 is 10.0. The Balaban J connectivity index is 2.69. The van der Waals surface area contributed by atoms with Gasteiger partial charge in [-0.1, -0.05) is 0 Å². The molecule has 0 saturated heterocycles. The maximum absolute atomic E-state index is 10.7. The molecule has 0 bridgehead atoms. The first-order valence-electron chi connectivity index (χ1n) is 4.10. The van der Waals surface area contributed by atoms with Crippen LogP contribution < -0.4 is 0 Å². The van der Waals surface area contributed by atoms with E-state index in [1.165, 1.54) is 13.2 Å². The van der Waals surface area contributed by atoms with Crippen LogP contribution in [-0.2, 0) is 19.1 Å². The highest BCUT2D eigenvalue weighted by Crippen LogP contribution is 2.19. The molecule has 3 atom stereocenters. The van der Waals surface area contributed by atoms with Gasteiger partial charge in [-0.25, -0.2) is 0 Å². The van der Waals surface area contributed by atoms with Crippen LogP contribution in [0, 0.1) is 5.92 Å². The highest BCUT2D eigenvalue weighted by atomic mass is 16.5. The van der Waals surface area contributed by atoms with E-state index in [-0.39, 0.29) is 6.10 Å². The van der Waals surface area contributed by atoms with E-state index in [0.29, 0.717) is 0 Å². The number of carbonyl (C=O) groups is 2. The Morgan fingerprint density at radius 2 is 2.31 bits per heavy atom. The maximum atomic E-state index is 10.7. The molecular formula is C9H12O4. The Morgan fingerprint density at radius 3 is 2.85 bits per heavy atom. The first kappa shape index (κ1) is 9.77. The van der Waals surface area contributed by atoms with Gasteiger partial charge in [0.1, 0.15) is 18.5 Å². The fraction of sp³-hybridized carbons (Fsp3) is 0.556. The molecule has 0 fully saturated rings. The number of esters is 1. The van der Waals surface area contributed by atoms with Crippen molar-refractivity contribution in [3.8, 4) is 0 Å². The normalized spacial score (nSPS) is 32.0. The van der Waals surface area contributed by atoms with Crippen molar-refractivity contribution < 1.29 is 19.1 Å². The van der Waals surface area contributed by atoms with Crippen LogP contribution in [0.5, 0.6) is 0 Å². The molecule has 0 unspecified atom stereocenters. The van der Waals surface area contributed by atoms with Gasteiger partial charge in [0.2, 0.25) is 0 Å². The van der Waals surface area contributed by atoms with E-state index in [1.54, 1.807) is 13.0 Å². The lowest BCUT2D eigenvalue weighted by molar-refractivity contribution is -0.150. The van der Waals surface area contributed by atoms with E-state index >= 15 is 0 Å². The molecule has 0 aromatic heterocycles. The predicted molar refractivity (Wildman–Crippen MR) is 44.8 cm³/mol. The minimum absolute atomic E-state index is 0.244. The van der Waals surface area contributed by atoms with Crippen molar-refractivity contribution in [2.45, 2.75) is 26.1 Å². The zero-order valence-corrected chi connectivity index (χ0v) is 7.60. The van der Waals surface area contributed by atoms with Crippen LogP contribution in [0.1, 0.15) is 13.8 Å². The second kappa shape index (κ2) is 4.07. The van der Waals surface area contributed by atoms with Gasteiger partial charge in [0.05, 0.1) is 12.2 Å². The molecule has 72 valence electrons. The van der Waals surface area contributed by atoms with Gasteiger partial charge in [-0.05, 0) is 13.0 Å². The van der Waals surface area contributed by atoms with E-state index in [9.17, 15) is 9.59 Å². The van der Waals surface area contributed by atoms with E-state index in [4.69, 9.17) is 9.47 Å². The average Bonchev–Trinajstić information content (AvgIpc) is 2.03. The van der Waals surface area contributed by atoms with Gasteiger partial charge < -0.3 is 14.3 Å². The first-order chi connectivity index (χ1) is 6.15. The van der Waals surface area contributed by atoms with Crippen molar-refractivity contribution in [1.82, 2.24) is 0 Å². The summed E-state index contributed by atoms with van der Waals surface area (Å²) >= 11 is 0. The van der Waals surface area contributed by atoms with Gasteiger partial charge >= 0.3 is 5.97 Å². The molecule has 0 radical (unpaired) electrons. The van der Waals surface area contributed by atoms with Crippen LogP contribution in [0.2, 0.25) is 0 Å². The van der Waals surface area contributed by atoms with Gasteiger partial charge in [-0.2, -0.15) is 0 Å². The van der Waals surface area contributed by atoms with E-state index < -0.39 is 18.0 Å². The third-order valence-electron chi connectivity index (χ3n) is 1.94. The molecule has 1 aliphatic rings. The Labute approximate surface area is 76.5 Å². The molecule has 4 nitrogen and oxygen atoms in total. The summed E-state index contributed by atoms with van der Waals surface area (Å²) in [5.74, 6) is -0.801. The SMILES string of the molecule is CC(=O)O[C@H]1C=CO[C@@H](C)[C@H]1C=O. The topological polar surface area (TPSA) is 52.6 Å². The Hall–Kier alpha value is -1.32. The van der Waals surface area contributed by atoms with Gasteiger partial charge in [0.25, 0.3) is 0 Å². The largest absolute Gasteiger partial charge is 0.498 e. The summed E-state index contributed by atoms with van der Waals surface area (Å²) in [6.07, 6.45) is 3.05. The molecule has 1 rings (SSSR count). The molecule has 0 aliphatic carbocycles. The van der Waals surface area contributed by atoms with Crippen LogP contribution in [0.15, 0.2) is 12.3 Å². The van der Waals surface area contributed by atoms with E-state index in [1.807, 2.05) is 0 Å². The molecule has 0 N–H and O–H groups in total. The monoisotopic (exact) mass is 184 g/mol. The summed E-state index contributed by atoms with van der Waals surface area (Å²) in [6, 6.07) is 0. The molecule has 1 heterocycles. The van der Waals surface area contributed by atoms with Crippen molar-refractivity contribution in [3.63, 3.8) is 0 Å². The summed E-state index contributed by atoms with van der Waals surface area (Å²) in [4.78, 5) is 21.3. The number of aldehydes is 1. The van der Waals surface area contributed by atoms with Crippen LogP contribution in [0.4, 0.5) is 0 Å². The second-order valence-electron chi connectivity index (χ2n) is 2.96. The lowest BCUT2D eigenvalue weighted by Crippen LogP contribution is -2.36. The third-order valence-corrected chi connectivity index (χ3v) is 1.94. The molecule has 13 heavy (non-hydrogen) atoms. The number of rotatable bonds is 2. The molecular weight excluding hydrogens is 172 g/mol. The van der Waals surface area contributed by atoms with Crippen LogP contribution >= 0.6 is 0 Å². The van der Waals surface area contributed by atoms with Crippen LogP contribution in [0.25, 0.3) is 0 Å². The average molecular weight is 184 g/mol. The minimum atomic E-state index is -0.487. The number of carbonyl (C=O) groups excluding carboxylic acids is 2. The highest BCUT2D eigenvalue weighted by Gasteiger charge is 2.30. The van der Waals surface area contributed by atoms with Gasteiger partial charge in [0, 0.05) is 6.92 Å². The van der Waals surface area contributed by atoms with Crippen LogP contribution in [0.3, 0.4) is 0 Å². The lowest BCUT2D eigenvalue weighted by atomic mass is 9.97. The van der Waals surface area contributed by atoms with Gasteiger partial charge in [0.15, 0.2) is 0 Å². The van der Waals surface area contributed by atoms with Crippen molar-refractivity contribution >= 4 is 12.3 Å². The van der Waals surface area contributed by atoms with Crippen molar-refractivity contribution in [1.29, 1.82) is 0 Å². The highest BCUT2D eigenvalue weighted by molar-refractivity contribution is 5.67. The van der Waals surface area contributed by atoms with E-state index in [0.717, 1.165) is 6.29 Å². The zero-order chi connectivity index (χ0) is 9.84. The fourth-order valence-corrected chi connectivity index (χ4v) is 1.23. The molecule has 1 aliphatic heterocycles. The smallest absolute Gasteiger partial charge is 0.303 e. The number of ether oxygens (including phenoxy) is 2. The fourth-order valence-electron chi connectivity index (χ4n) is 1.23. The zero-order valence-electron chi connectivity index (χ0n) is 7.60. The predicted octanol–water partition coefficient (Wildman–Crippen LogP) is 0.666. The van der Waals surface area contributed by atoms with Crippen molar-refractivity contribution in [3.05, 3.63) is 12.3 Å². The molecule has 0 aromatic rings. The Kier molecular flexibility index (Phi) is 3.06.